The highest BCUT2D eigenvalue weighted by molar-refractivity contribution is 5.96. The minimum absolute atomic E-state index is 0.0979. The van der Waals surface area contributed by atoms with Gasteiger partial charge in [-0.15, -0.1) is 0 Å². The number of nitrogen functional groups attached to an aromatic ring is 1. The number of halogens is 1. The van der Waals surface area contributed by atoms with E-state index in [0.29, 0.717) is 5.69 Å². The number of carbonyl (C=O) groups is 1. The molecule has 0 aliphatic heterocycles. The molecular weight excluding hydrogens is 259 g/mol. The van der Waals surface area contributed by atoms with Gasteiger partial charge in [0.25, 0.3) is 0 Å². The summed E-state index contributed by atoms with van der Waals surface area (Å²) < 4.78 is 18.6. The minimum Gasteiger partial charge on any atom is -0.465 e. The third-order valence-corrected chi connectivity index (χ3v) is 3.76. The van der Waals surface area contributed by atoms with Gasteiger partial charge in [0.15, 0.2) is 0 Å². The highest BCUT2D eigenvalue weighted by Gasteiger charge is 2.18. The van der Waals surface area contributed by atoms with Crippen molar-refractivity contribution in [1.29, 1.82) is 0 Å². The van der Waals surface area contributed by atoms with Gasteiger partial charge in [-0.2, -0.15) is 0 Å². The Bertz CT molecular complexity index is 483. The molecule has 1 aromatic carbocycles. The molecule has 1 aliphatic rings. The molecule has 0 spiro atoms. The normalized spacial score (nSPS) is 16.5. The number of anilines is 2. The van der Waals surface area contributed by atoms with Crippen molar-refractivity contribution in [2.75, 3.05) is 18.2 Å². The molecule has 4 nitrogen and oxygen atoms in total. The molecule has 110 valence electrons. The molecule has 0 saturated heterocycles. The first-order valence-electron chi connectivity index (χ1n) is 7.05. The first-order chi connectivity index (χ1) is 9.61. The Balaban J connectivity index is 2.19. The highest BCUT2D eigenvalue weighted by Crippen LogP contribution is 2.26. The largest absolute Gasteiger partial charge is 0.465 e. The molecule has 0 aromatic heterocycles. The van der Waals surface area contributed by atoms with Crippen molar-refractivity contribution >= 4 is 17.3 Å². The molecule has 0 atom stereocenters. The van der Waals surface area contributed by atoms with Crippen LogP contribution in [0.1, 0.15) is 48.9 Å². The zero-order chi connectivity index (χ0) is 14.5. The monoisotopic (exact) mass is 280 g/mol. The summed E-state index contributed by atoms with van der Waals surface area (Å²) in [5, 5.41) is 3.20. The summed E-state index contributed by atoms with van der Waals surface area (Å²) in [4.78, 5) is 11.6. The molecule has 20 heavy (non-hydrogen) atoms. The molecule has 0 unspecified atom stereocenters. The van der Waals surface area contributed by atoms with Crippen LogP contribution in [0.3, 0.4) is 0 Å². The van der Waals surface area contributed by atoms with Crippen molar-refractivity contribution in [3.63, 3.8) is 0 Å². The van der Waals surface area contributed by atoms with Crippen LogP contribution in [0.5, 0.6) is 0 Å². The van der Waals surface area contributed by atoms with Gasteiger partial charge < -0.3 is 15.8 Å². The Morgan fingerprint density at radius 3 is 2.55 bits per heavy atom. The number of methoxy groups -OCH3 is 1. The summed E-state index contributed by atoms with van der Waals surface area (Å²) in [6.07, 6.45) is 6.82. The fourth-order valence-corrected chi connectivity index (χ4v) is 2.63. The lowest BCUT2D eigenvalue weighted by molar-refractivity contribution is 0.0602. The maximum absolute atomic E-state index is 14.0. The smallest absolute Gasteiger partial charge is 0.340 e. The molecule has 2 rings (SSSR count). The summed E-state index contributed by atoms with van der Waals surface area (Å²) >= 11 is 0. The quantitative estimate of drug-likeness (QED) is 0.506. The van der Waals surface area contributed by atoms with E-state index in [4.69, 9.17) is 5.73 Å². The van der Waals surface area contributed by atoms with Gasteiger partial charge in [-0.1, -0.05) is 25.7 Å². The molecule has 1 fully saturated rings. The maximum atomic E-state index is 14.0. The lowest BCUT2D eigenvalue weighted by atomic mass is 10.1. The van der Waals surface area contributed by atoms with Gasteiger partial charge in [-0.05, 0) is 25.0 Å². The number of nitrogens with two attached hydrogens (primary N) is 1. The van der Waals surface area contributed by atoms with E-state index in [2.05, 4.69) is 10.1 Å². The first kappa shape index (κ1) is 14.6. The Hall–Kier alpha value is -1.78. The van der Waals surface area contributed by atoms with Crippen molar-refractivity contribution in [3.8, 4) is 0 Å². The number of hydrogen-bond donors (Lipinski definition) is 2. The zero-order valence-electron chi connectivity index (χ0n) is 11.7. The van der Waals surface area contributed by atoms with Gasteiger partial charge in [-0.3, -0.25) is 0 Å². The van der Waals surface area contributed by atoms with Crippen LogP contribution in [0.4, 0.5) is 15.8 Å². The number of nitrogens with one attached hydrogen (secondary N) is 1. The number of rotatable bonds is 3. The molecule has 0 radical (unpaired) electrons. The Morgan fingerprint density at radius 2 is 1.95 bits per heavy atom. The third kappa shape index (κ3) is 3.40. The fraction of sp³-hybridized carbons (Fsp3) is 0.533. The van der Waals surface area contributed by atoms with E-state index in [-0.39, 0.29) is 17.3 Å². The van der Waals surface area contributed by atoms with E-state index in [1.54, 1.807) is 0 Å². The molecule has 5 heteroatoms. The number of benzene rings is 1. The summed E-state index contributed by atoms with van der Waals surface area (Å²) in [5.41, 5.74) is 6.28. The highest BCUT2D eigenvalue weighted by atomic mass is 19.1. The van der Waals surface area contributed by atoms with E-state index in [1.807, 2.05) is 0 Å². The molecule has 0 heterocycles. The van der Waals surface area contributed by atoms with Crippen molar-refractivity contribution in [2.45, 2.75) is 44.6 Å². The third-order valence-electron chi connectivity index (χ3n) is 3.76. The molecule has 1 aliphatic carbocycles. The molecule has 0 amide bonds. The van der Waals surface area contributed by atoms with Gasteiger partial charge in [0, 0.05) is 11.7 Å². The summed E-state index contributed by atoms with van der Waals surface area (Å²) in [6, 6.07) is 2.87. The molecule has 0 bridgehead atoms. The SMILES string of the molecule is COC(=O)c1cc(NC2CCCCCC2)c(F)cc1N. The fourth-order valence-electron chi connectivity index (χ4n) is 2.63. The summed E-state index contributed by atoms with van der Waals surface area (Å²) in [6.45, 7) is 0. The van der Waals surface area contributed by atoms with Gasteiger partial charge in [-0.25, -0.2) is 9.18 Å². The van der Waals surface area contributed by atoms with Crippen LogP contribution in [-0.4, -0.2) is 19.1 Å². The van der Waals surface area contributed by atoms with Crippen LogP contribution in [0.2, 0.25) is 0 Å². The van der Waals surface area contributed by atoms with Gasteiger partial charge in [0.05, 0.1) is 18.4 Å². The maximum Gasteiger partial charge on any atom is 0.340 e. The number of ether oxygens (including phenoxy) is 1. The average molecular weight is 280 g/mol. The van der Waals surface area contributed by atoms with Crippen molar-refractivity contribution < 1.29 is 13.9 Å². The van der Waals surface area contributed by atoms with Crippen LogP contribution in [0, 0.1) is 5.82 Å². The second-order valence-electron chi connectivity index (χ2n) is 5.24. The minimum atomic E-state index is -0.550. The van der Waals surface area contributed by atoms with Crippen LogP contribution < -0.4 is 11.1 Å². The van der Waals surface area contributed by atoms with E-state index in [1.165, 1.54) is 32.1 Å². The first-order valence-corrected chi connectivity index (χ1v) is 7.05. The van der Waals surface area contributed by atoms with Crippen molar-refractivity contribution in [3.05, 3.63) is 23.5 Å². The summed E-state index contributed by atoms with van der Waals surface area (Å²) in [7, 11) is 1.28. The van der Waals surface area contributed by atoms with Crippen LogP contribution in [0.15, 0.2) is 12.1 Å². The van der Waals surface area contributed by atoms with E-state index in [0.717, 1.165) is 25.7 Å². The Labute approximate surface area is 118 Å². The van der Waals surface area contributed by atoms with Gasteiger partial charge in [0.2, 0.25) is 0 Å². The zero-order valence-corrected chi connectivity index (χ0v) is 11.7. The lowest BCUT2D eigenvalue weighted by Gasteiger charge is -2.19. The molecule has 1 saturated carbocycles. The van der Waals surface area contributed by atoms with Gasteiger partial charge >= 0.3 is 5.97 Å². The van der Waals surface area contributed by atoms with Crippen molar-refractivity contribution in [1.82, 2.24) is 0 Å². The van der Waals surface area contributed by atoms with Crippen LogP contribution in [0.25, 0.3) is 0 Å². The van der Waals surface area contributed by atoms with E-state index in [9.17, 15) is 9.18 Å². The molecule has 1 aromatic rings. The second-order valence-corrected chi connectivity index (χ2v) is 5.24. The van der Waals surface area contributed by atoms with Gasteiger partial charge in [0.1, 0.15) is 5.82 Å². The molecular formula is C15H21FN2O2. The number of esters is 1. The van der Waals surface area contributed by atoms with E-state index >= 15 is 0 Å². The predicted octanol–water partition coefficient (Wildman–Crippen LogP) is 3.33. The summed E-state index contributed by atoms with van der Waals surface area (Å²) in [5.74, 6) is -0.981. The predicted molar refractivity (Wildman–Crippen MR) is 77.3 cm³/mol. The lowest BCUT2D eigenvalue weighted by Crippen LogP contribution is -2.20. The number of hydrogen-bond acceptors (Lipinski definition) is 4. The van der Waals surface area contributed by atoms with Crippen LogP contribution in [-0.2, 0) is 4.74 Å². The topological polar surface area (TPSA) is 64.3 Å². The molecule has 3 N–H and O–H groups in total. The standard InChI is InChI=1S/C15H21FN2O2/c1-20-15(19)11-8-14(12(16)9-13(11)17)18-10-6-4-2-3-5-7-10/h8-10,18H,2-7,17H2,1H3. The Morgan fingerprint density at radius 1 is 1.30 bits per heavy atom. The Kier molecular flexibility index (Phi) is 4.82. The number of carbonyl (C=O) groups excluding carboxylic acids is 1. The van der Waals surface area contributed by atoms with Crippen molar-refractivity contribution in [2.24, 2.45) is 0 Å². The second kappa shape index (κ2) is 6.59. The average Bonchev–Trinajstić information content (AvgIpc) is 2.69. The van der Waals surface area contributed by atoms with E-state index < -0.39 is 11.8 Å². The van der Waals surface area contributed by atoms with Crippen LogP contribution >= 0.6 is 0 Å².